The lowest BCUT2D eigenvalue weighted by molar-refractivity contribution is 0.114. The molecule has 1 aromatic rings. The van der Waals surface area contributed by atoms with E-state index in [0.717, 1.165) is 24.9 Å². The monoisotopic (exact) mass is 247 g/mol. The minimum atomic E-state index is -0.364. The Morgan fingerprint density at radius 3 is 2.83 bits per heavy atom. The van der Waals surface area contributed by atoms with E-state index in [2.05, 4.69) is 37.4 Å². The summed E-state index contributed by atoms with van der Waals surface area (Å²) in [6, 6.07) is 8.67. The molecule has 0 saturated carbocycles. The number of piperidine rings is 1. The molecule has 0 aliphatic carbocycles. The number of aliphatic hydroxyl groups is 1. The summed E-state index contributed by atoms with van der Waals surface area (Å²) >= 11 is 0. The van der Waals surface area contributed by atoms with Crippen molar-refractivity contribution in [1.82, 2.24) is 5.32 Å². The van der Waals surface area contributed by atoms with Gasteiger partial charge >= 0.3 is 0 Å². The van der Waals surface area contributed by atoms with Crippen LogP contribution in [0, 0.1) is 5.92 Å². The van der Waals surface area contributed by atoms with Crippen molar-refractivity contribution in [2.45, 2.75) is 51.7 Å². The summed E-state index contributed by atoms with van der Waals surface area (Å²) in [4.78, 5) is 0. The first-order valence-corrected chi connectivity index (χ1v) is 7.17. The molecule has 1 aromatic carbocycles. The molecule has 18 heavy (non-hydrogen) atoms. The number of benzene rings is 1. The van der Waals surface area contributed by atoms with Crippen molar-refractivity contribution in [2.75, 3.05) is 6.54 Å². The van der Waals surface area contributed by atoms with Crippen LogP contribution >= 0.6 is 0 Å². The summed E-state index contributed by atoms with van der Waals surface area (Å²) in [5.74, 6) is 0.658. The van der Waals surface area contributed by atoms with Crippen molar-refractivity contribution in [2.24, 2.45) is 5.92 Å². The zero-order valence-electron chi connectivity index (χ0n) is 11.5. The van der Waals surface area contributed by atoms with Crippen LogP contribution in [0.25, 0.3) is 0 Å². The van der Waals surface area contributed by atoms with Gasteiger partial charge in [0.05, 0.1) is 6.10 Å². The largest absolute Gasteiger partial charge is 0.387 e. The van der Waals surface area contributed by atoms with E-state index in [0.29, 0.717) is 5.92 Å². The molecule has 1 aliphatic heterocycles. The van der Waals surface area contributed by atoms with Crippen molar-refractivity contribution < 1.29 is 5.11 Å². The van der Waals surface area contributed by atoms with E-state index in [1.165, 1.54) is 18.4 Å². The Morgan fingerprint density at radius 2 is 2.17 bits per heavy atom. The van der Waals surface area contributed by atoms with E-state index in [1.807, 2.05) is 6.07 Å². The van der Waals surface area contributed by atoms with Crippen LogP contribution in [0.2, 0.25) is 0 Å². The van der Waals surface area contributed by atoms with Gasteiger partial charge in [0.25, 0.3) is 0 Å². The molecule has 2 atom stereocenters. The van der Waals surface area contributed by atoms with Gasteiger partial charge in [-0.2, -0.15) is 0 Å². The van der Waals surface area contributed by atoms with Crippen LogP contribution in [0.4, 0.5) is 0 Å². The van der Waals surface area contributed by atoms with E-state index in [9.17, 15) is 5.11 Å². The van der Waals surface area contributed by atoms with Gasteiger partial charge in [-0.15, -0.1) is 0 Å². The lowest BCUT2D eigenvalue weighted by Crippen LogP contribution is -2.38. The molecular weight excluding hydrogens is 222 g/mol. The van der Waals surface area contributed by atoms with Crippen LogP contribution in [0.5, 0.6) is 0 Å². The predicted octanol–water partition coefficient (Wildman–Crippen LogP) is 3.06. The molecule has 0 spiro atoms. The molecule has 0 bridgehead atoms. The Bertz CT molecular complexity index is 369. The van der Waals surface area contributed by atoms with Crippen molar-refractivity contribution in [3.63, 3.8) is 0 Å². The second kappa shape index (κ2) is 6.35. The van der Waals surface area contributed by atoms with E-state index >= 15 is 0 Å². The zero-order valence-corrected chi connectivity index (χ0v) is 11.5. The summed E-state index contributed by atoms with van der Waals surface area (Å²) in [6.07, 6.45) is 4.25. The van der Waals surface area contributed by atoms with Crippen LogP contribution in [-0.4, -0.2) is 17.7 Å². The van der Waals surface area contributed by atoms with Gasteiger partial charge in [-0.25, -0.2) is 0 Å². The van der Waals surface area contributed by atoms with E-state index in [4.69, 9.17) is 0 Å². The smallest absolute Gasteiger partial charge is 0.0943 e. The van der Waals surface area contributed by atoms with E-state index in [1.54, 1.807) is 0 Å². The van der Waals surface area contributed by atoms with Gasteiger partial charge in [0.1, 0.15) is 0 Å². The molecule has 2 nitrogen and oxygen atoms in total. The first-order chi connectivity index (χ1) is 8.66. The number of hydrogen-bond donors (Lipinski definition) is 2. The Balaban J connectivity index is 2.06. The molecule has 1 heterocycles. The van der Waals surface area contributed by atoms with E-state index < -0.39 is 0 Å². The predicted molar refractivity (Wildman–Crippen MR) is 75.6 cm³/mol. The minimum Gasteiger partial charge on any atom is -0.387 e. The molecule has 2 unspecified atom stereocenters. The third kappa shape index (κ3) is 3.56. The van der Waals surface area contributed by atoms with Crippen molar-refractivity contribution in [3.05, 3.63) is 35.4 Å². The fourth-order valence-corrected chi connectivity index (χ4v) is 2.76. The van der Waals surface area contributed by atoms with Gasteiger partial charge in [0, 0.05) is 6.04 Å². The highest BCUT2D eigenvalue weighted by Gasteiger charge is 2.22. The zero-order chi connectivity index (χ0) is 13.0. The summed E-state index contributed by atoms with van der Waals surface area (Å²) in [5.41, 5.74) is 2.39. The molecule has 1 fully saturated rings. The number of rotatable bonds is 4. The average Bonchev–Trinajstić information content (AvgIpc) is 2.38. The second-order valence-corrected chi connectivity index (χ2v) is 5.84. The summed E-state index contributed by atoms with van der Waals surface area (Å²) < 4.78 is 0. The molecule has 2 heteroatoms. The van der Waals surface area contributed by atoms with Crippen molar-refractivity contribution in [1.29, 1.82) is 0 Å². The molecule has 0 radical (unpaired) electrons. The van der Waals surface area contributed by atoms with Crippen LogP contribution in [-0.2, 0) is 6.42 Å². The SMILES string of the molecule is CC(C)Cc1cccc(C(O)C2CCCCN2)c1. The maximum atomic E-state index is 10.4. The van der Waals surface area contributed by atoms with Crippen LogP contribution in [0.3, 0.4) is 0 Å². The molecule has 1 aliphatic rings. The third-order valence-electron chi connectivity index (χ3n) is 3.67. The molecule has 2 N–H and O–H groups in total. The van der Waals surface area contributed by atoms with Crippen molar-refractivity contribution >= 4 is 0 Å². The number of hydrogen-bond acceptors (Lipinski definition) is 2. The number of aliphatic hydroxyl groups excluding tert-OH is 1. The lowest BCUT2D eigenvalue weighted by Gasteiger charge is -2.28. The van der Waals surface area contributed by atoms with Gasteiger partial charge in [-0.3, -0.25) is 0 Å². The van der Waals surface area contributed by atoms with Gasteiger partial charge in [-0.05, 0) is 42.9 Å². The van der Waals surface area contributed by atoms with Crippen LogP contribution in [0.15, 0.2) is 24.3 Å². The molecular formula is C16H25NO. The Hall–Kier alpha value is -0.860. The quantitative estimate of drug-likeness (QED) is 0.857. The Morgan fingerprint density at radius 1 is 1.33 bits per heavy atom. The first-order valence-electron chi connectivity index (χ1n) is 7.17. The van der Waals surface area contributed by atoms with Gasteiger partial charge < -0.3 is 10.4 Å². The lowest BCUT2D eigenvalue weighted by atomic mass is 9.93. The highest BCUT2D eigenvalue weighted by atomic mass is 16.3. The van der Waals surface area contributed by atoms with Gasteiger partial charge in [0.2, 0.25) is 0 Å². The standard InChI is InChI=1S/C16H25NO/c1-12(2)10-13-6-5-7-14(11-13)16(18)15-8-3-4-9-17-15/h5-7,11-12,15-18H,3-4,8-10H2,1-2H3. The maximum Gasteiger partial charge on any atom is 0.0943 e. The summed E-state index contributed by atoms with van der Waals surface area (Å²) in [5, 5.41) is 13.9. The maximum absolute atomic E-state index is 10.4. The van der Waals surface area contributed by atoms with Crippen LogP contribution < -0.4 is 5.32 Å². The van der Waals surface area contributed by atoms with Gasteiger partial charge in [0.15, 0.2) is 0 Å². The first kappa shape index (κ1) is 13.6. The molecule has 0 amide bonds. The fraction of sp³-hybridized carbons (Fsp3) is 0.625. The highest BCUT2D eigenvalue weighted by molar-refractivity contribution is 5.26. The molecule has 0 aromatic heterocycles. The molecule has 2 rings (SSSR count). The Kier molecular flexibility index (Phi) is 4.79. The third-order valence-corrected chi connectivity index (χ3v) is 3.67. The topological polar surface area (TPSA) is 32.3 Å². The molecule has 1 saturated heterocycles. The fourth-order valence-electron chi connectivity index (χ4n) is 2.76. The van der Waals surface area contributed by atoms with Crippen molar-refractivity contribution in [3.8, 4) is 0 Å². The Labute approximate surface area is 110 Å². The number of nitrogens with one attached hydrogen (secondary N) is 1. The average molecular weight is 247 g/mol. The minimum absolute atomic E-state index is 0.230. The highest BCUT2D eigenvalue weighted by Crippen LogP contribution is 2.24. The normalized spacial score (nSPS) is 22.1. The summed E-state index contributed by atoms with van der Waals surface area (Å²) in [7, 11) is 0. The summed E-state index contributed by atoms with van der Waals surface area (Å²) in [6.45, 7) is 5.49. The van der Waals surface area contributed by atoms with Crippen LogP contribution in [0.1, 0.15) is 50.3 Å². The van der Waals surface area contributed by atoms with Gasteiger partial charge in [-0.1, -0.05) is 44.5 Å². The van der Waals surface area contributed by atoms with E-state index in [-0.39, 0.29) is 12.1 Å². The second-order valence-electron chi connectivity index (χ2n) is 5.84. The molecule has 100 valence electrons.